The van der Waals surface area contributed by atoms with E-state index in [1.165, 1.54) is 0 Å². The lowest BCUT2D eigenvalue weighted by molar-refractivity contribution is 0.124. The first-order valence-electron chi connectivity index (χ1n) is 7.99. The van der Waals surface area contributed by atoms with Crippen molar-refractivity contribution in [3.8, 4) is 0 Å². The first-order valence-corrected chi connectivity index (χ1v) is 7.99. The van der Waals surface area contributed by atoms with Gasteiger partial charge < -0.3 is 10.6 Å². The summed E-state index contributed by atoms with van der Waals surface area (Å²) in [7, 11) is 3.39. The maximum Gasteiger partial charge on any atom is 0.168 e. The van der Waals surface area contributed by atoms with E-state index in [-0.39, 0.29) is 12.0 Å². The third-order valence-electron chi connectivity index (χ3n) is 3.89. The van der Waals surface area contributed by atoms with Gasteiger partial charge in [-0.3, -0.25) is 9.98 Å². The number of nitrogens with zero attached hydrogens (tertiary/aromatic N) is 2. The molecule has 23 heavy (non-hydrogen) atoms. The topological polar surface area (TPSA) is 48.8 Å². The normalized spacial score (nSPS) is 15.7. The molecule has 4 nitrogen and oxygen atoms in total. The zero-order valence-electron chi connectivity index (χ0n) is 15.2. The summed E-state index contributed by atoms with van der Waals surface area (Å²) in [4.78, 5) is 8.51. The molecule has 128 valence electrons. The number of rotatable bonds is 4. The monoisotopic (exact) mass is 320 g/mol. The van der Waals surface area contributed by atoms with E-state index in [4.69, 9.17) is 0 Å². The summed E-state index contributed by atoms with van der Waals surface area (Å²) in [6.07, 6.45) is 0. The third-order valence-corrected chi connectivity index (χ3v) is 3.89. The molecule has 0 aliphatic rings. The second kappa shape index (κ2) is 8.09. The molecule has 0 spiro atoms. The van der Waals surface area contributed by atoms with Crippen molar-refractivity contribution in [2.24, 2.45) is 15.9 Å². The Labute approximate surface area is 139 Å². The molecule has 0 amide bonds. The molecule has 1 aromatic carbocycles. The second-order valence-electron chi connectivity index (χ2n) is 6.34. The first-order chi connectivity index (χ1) is 10.7. The van der Waals surface area contributed by atoms with Gasteiger partial charge in [0.1, 0.15) is 5.67 Å². The molecule has 1 unspecified atom stereocenters. The van der Waals surface area contributed by atoms with Gasteiger partial charge in [-0.05, 0) is 32.8 Å². The summed E-state index contributed by atoms with van der Waals surface area (Å²) in [6, 6.07) is 7.64. The van der Waals surface area contributed by atoms with Gasteiger partial charge in [0.2, 0.25) is 0 Å². The van der Waals surface area contributed by atoms with Gasteiger partial charge >= 0.3 is 0 Å². The number of amidine groups is 2. The number of benzene rings is 1. The van der Waals surface area contributed by atoms with E-state index < -0.39 is 5.67 Å². The van der Waals surface area contributed by atoms with Crippen LogP contribution in [0.1, 0.15) is 40.2 Å². The Morgan fingerprint density at radius 2 is 1.61 bits per heavy atom. The summed E-state index contributed by atoms with van der Waals surface area (Å²) >= 11 is 0. The number of para-hydroxylation sites is 1. The minimum absolute atomic E-state index is 0.138. The summed E-state index contributed by atoms with van der Waals surface area (Å²) in [6.45, 7) is 9.44. The van der Waals surface area contributed by atoms with Crippen LogP contribution in [0.5, 0.6) is 0 Å². The number of anilines is 1. The smallest absolute Gasteiger partial charge is 0.168 e. The van der Waals surface area contributed by atoms with Crippen molar-refractivity contribution < 1.29 is 4.39 Å². The van der Waals surface area contributed by atoms with Crippen LogP contribution in [0, 0.1) is 5.92 Å². The highest BCUT2D eigenvalue weighted by Crippen LogP contribution is 2.37. The van der Waals surface area contributed by atoms with E-state index in [0.29, 0.717) is 22.9 Å². The molecule has 0 fully saturated rings. The van der Waals surface area contributed by atoms with Gasteiger partial charge in [0.05, 0.1) is 0 Å². The zero-order chi connectivity index (χ0) is 17.6. The largest absolute Gasteiger partial charge is 0.365 e. The molecule has 0 aliphatic carbocycles. The van der Waals surface area contributed by atoms with Crippen molar-refractivity contribution in [1.29, 1.82) is 0 Å². The molecule has 0 bridgehead atoms. The molecule has 0 aliphatic heterocycles. The molecule has 1 rings (SSSR count). The number of alkyl halides is 1. The SMILES string of the molecule is CN=C(Nc1ccccc1C(C)(F)C(C)C)C(=NC)NC(C)C. The van der Waals surface area contributed by atoms with Crippen LogP contribution in [0.4, 0.5) is 10.1 Å². The predicted octanol–water partition coefficient (Wildman–Crippen LogP) is 3.99. The number of aliphatic imine (C=N–C) groups is 2. The average Bonchev–Trinajstić information content (AvgIpc) is 2.50. The maximum atomic E-state index is 15.1. The lowest BCUT2D eigenvalue weighted by Gasteiger charge is -2.28. The lowest BCUT2D eigenvalue weighted by Crippen LogP contribution is -2.40. The molecular formula is C18H29FN4. The quantitative estimate of drug-likeness (QED) is 0.651. The fourth-order valence-corrected chi connectivity index (χ4v) is 2.19. The van der Waals surface area contributed by atoms with Crippen molar-refractivity contribution in [3.63, 3.8) is 0 Å². The molecule has 1 aromatic rings. The predicted molar refractivity (Wildman–Crippen MR) is 98.4 cm³/mol. The van der Waals surface area contributed by atoms with Crippen LogP contribution >= 0.6 is 0 Å². The molecule has 0 radical (unpaired) electrons. The van der Waals surface area contributed by atoms with Gasteiger partial charge in [-0.25, -0.2) is 4.39 Å². The Morgan fingerprint density at radius 1 is 1.04 bits per heavy atom. The van der Waals surface area contributed by atoms with Crippen LogP contribution < -0.4 is 10.6 Å². The minimum atomic E-state index is -1.43. The molecule has 0 heterocycles. The lowest BCUT2D eigenvalue weighted by atomic mass is 9.86. The molecular weight excluding hydrogens is 291 g/mol. The Bertz CT molecular complexity index is 574. The summed E-state index contributed by atoms with van der Waals surface area (Å²) < 4.78 is 15.1. The van der Waals surface area contributed by atoms with Crippen LogP contribution in [0.15, 0.2) is 34.3 Å². The highest BCUT2D eigenvalue weighted by molar-refractivity contribution is 6.44. The van der Waals surface area contributed by atoms with Gasteiger partial charge in [0.15, 0.2) is 11.7 Å². The van der Waals surface area contributed by atoms with Crippen molar-refractivity contribution in [1.82, 2.24) is 5.32 Å². The van der Waals surface area contributed by atoms with E-state index in [1.54, 1.807) is 21.0 Å². The third kappa shape index (κ3) is 4.78. The number of halogens is 1. The summed E-state index contributed by atoms with van der Waals surface area (Å²) in [5, 5.41) is 6.48. The van der Waals surface area contributed by atoms with Crippen LogP contribution in [-0.2, 0) is 5.67 Å². The molecule has 2 N–H and O–H groups in total. The van der Waals surface area contributed by atoms with E-state index in [2.05, 4.69) is 20.6 Å². The van der Waals surface area contributed by atoms with Crippen molar-refractivity contribution in [2.45, 2.75) is 46.3 Å². The Balaban J connectivity index is 3.18. The molecule has 0 saturated carbocycles. The zero-order valence-corrected chi connectivity index (χ0v) is 15.2. The van der Waals surface area contributed by atoms with Crippen LogP contribution in [0.25, 0.3) is 0 Å². The fraction of sp³-hybridized carbons (Fsp3) is 0.556. The summed E-state index contributed by atoms with van der Waals surface area (Å²) in [5.41, 5.74) is -0.105. The van der Waals surface area contributed by atoms with E-state index in [1.807, 2.05) is 52.0 Å². The first kappa shape index (κ1) is 19.1. The van der Waals surface area contributed by atoms with Crippen molar-refractivity contribution in [2.75, 3.05) is 19.4 Å². The van der Waals surface area contributed by atoms with Crippen LogP contribution in [0.2, 0.25) is 0 Å². The Morgan fingerprint density at radius 3 is 2.09 bits per heavy atom. The number of hydrogen-bond donors (Lipinski definition) is 2. The molecule has 0 aromatic heterocycles. The maximum absolute atomic E-state index is 15.1. The van der Waals surface area contributed by atoms with Crippen molar-refractivity contribution in [3.05, 3.63) is 29.8 Å². The fourth-order valence-electron chi connectivity index (χ4n) is 2.19. The second-order valence-corrected chi connectivity index (χ2v) is 6.34. The van der Waals surface area contributed by atoms with Gasteiger partial charge in [-0.15, -0.1) is 0 Å². The molecule has 1 atom stereocenters. The van der Waals surface area contributed by atoms with Gasteiger partial charge in [0, 0.05) is 31.4 Å². The number of nitrogens with one attached hydrogen (secondary N) is 2. The Kier molecular flexibility index (Phi) is 6.73. The Hall–Kier alpha value is -1.91. The van der Waals surface area contributed by atoms with E-state index in [9.17, 15) is 0 Å². The van der Waals surface area contributed by atoms with Gasteiger partial charge in [-0.2, -0.15) is 0 Å². The highest BCUT2D eigenvalue weighted by atomic mass is 19.1. The van der Waals surface area contributed by atoms with Crippen LogP contribution in [-0.4, -0.2) is 31.8 Å². The van der Waals surface area contributed by atoms with Gasteiger partial charge in [0.25, 0.3) is 0 Å². The summed E-state index contributed by atoms with van der Waals surface area (Å²) in [5.74, 6) is 1.11. The molecule has 0 saturated heterocycles. The average molecular weight is 320 g/mol. The van der Waals surface area contributed by atoms with E-state index in [0.717, 1.165) is 0 Å². The van der Waals surface area contributed by atoms with Crippen LogP contribution in [0.3, 0.4) is 0 Å². The van der Waals surface area contributed by atoms with E-state index >= 15 is 4.39 Å². The number of hydrogen-bond acceptors (Lipinski definition) is 2. The minimum Gasteiger partial charge on any atom is -0.365 e. The van der Waals surface area contributed by atoms with Crippen molar-refractivity contribution >= 4 is 17.4 Å². The molecule has 5 heteroatoms. The highest BCUT2D eigenvalue weighted by Gasteiger charge is 2.32. The standard InChI is InChI=1S/C18H29FN4/c1-12(2)18(5,19)14-10-8-9-11-15(14)23-17(21-7)16(20-6)22-13(3)4/h8-13H,1-7H3,(H,20,22)(H,21,23). The van der Waals surface area contributed by atoms with Gasteiger partial charge in [-0.1, -0.05) is 32.0 Å².